The number of rotatable bonds is 6. The minimum Gasteiger partial charge on any atom is -0.369 e. The summed E-state index contributed by atoms with van der Waals surface area (Å²) in [7, 11) is 0.633. The summed E-state index contributed by atoms with van der Waals surface area (Å²) in [5, 5.41) is 0.799. The minimum atomic E-state index is -1.11. The van der Waals surface area contributed by atoms with Gasteiger partial charge in [0.1, 0.15) is 0 Å². The maximum atomic E-state index is 6.00. The van der Waals surface area contributed by atoms with Crippen LogP contribution in [0.5, 0.6) is 0 Å². The summed E-state index contributed by atoms with van der Waals surface area (Å²) >= 11 is 6.00. The van der Waals surface area contributed by atoms with Gasteiger partial charge >= 0.3 is 0 Å². The molecule has 0 aliphatic heterocycles. The van der Waals surface area contributed by atoms with Crippen molar-refractivity contribution in [1.82, 2.24) is 4.90 Å². The lowest BCUT2D eigenvalue weighted by molar-refractivity contribution is 0.0697. The van der Waals surface area contributed by atoms with Gasteiger partial charge in [0.15, 0.2) is 0 Å². The third-order valence-corrected chi connectivity index (χ3v) is 3.94. The lowest BCUT2D eigenvalue weighted by atomic mass is 10.2. The molecule has 1 rings (SSSR count). The summed E-state index contributed by atoms with van der Waals surface area (Å²) in [6, 6.07) is 8.04. The van der Waals surface area contributed by atoms with Crippen molar-refractivity contribution < 1.29 is 4.74 Å². The molecule has 0 atom stereocenters. The first-order valence-electron chi connectivity index (χ1n) is 5.86. The molecule has 0 saturated heterocycles. The van der Waals surface area contributed by atoms with Gasteiger partial charge in [0.05, 0.1) is 14.8 Å². The van der Waals surface area contributed by atoms with Gasteiger partial charge in [-0.2, -0.15) is 0 Å². The van der Waals surface area contributed by atoms with Crippen molar-refractivity contribution >= 4 is 19.7 Å². The number of ether oxygens (including phenoxy) is 1. The first kappa shape index (κ1) is 14.7. The fourth-order valence-corrected chi connectivity index (χ4v) is 3.65. The Balaban J connectivity index is 2.66. The van der Waals surface area contributed by atoms with Crippen LogP contribution in [0.25, 0.3) is 0 Å². The van der Waals surface area contributed by atoms with Gasteiger partial charge in [-0.15, -0.1) is 0 Å². The molecule has 0 bridgehead atoms. The molecule has 0 radical (unpaired) electrons. The lowest BCUT2D eigenvalue weighted by Gasteiger charge is -2.28. The smallest absolute Gasteiger partial charge is 0.0986 e. The zero-order valence-corrected chi connectivity index (χ0v) is 12.9. The standard InChI is InChI=1S/C13H22ClNOSi/c1-16-10-15(11-17(2,3)4)9-12-6-5-7-13(14)8-12/h5-8H,9-11H2,1-4H3. The molecular weight excluding hydrogens is 250 g/mol. The van der Waals surface area contributed by atoms with Crippen molar-refractivity contribution in [3.8, 4) is 0 Å². The van der Waals surface area contributed by atoms with E-state index in [-0.39, 0.29) is 0 Å². The predicted octanol–water partition coefficient (Wildman–Crippen LogP) is 3.62. The summed E-state index contributed by atoms with van der Waals surface area (Å²) < 4.78 is 5.27. The lowest BCUT2D eigenvalue weighted by Crippen LogP contribution is -2.40. The number of methoxy groups -OCH3 is 1. The maximum absolute atomic E-state index is 6.00. The fourth-order valence-electron chi connectivity index (χ4n) is 1.89. The zero-order chi connectivity index (χ0) is 12.9. The van der Waals surface area contributed by atoms with Crippen LogP contribution in [0.2, 0.25) is 24.7 Å². The van der Waals surface area contributed by atoms with E-state index in [4.69, 9.17) is 16.3 Å². The number of hydrogen-bond donors (Lipinski definition) is 0. The topological polar surface area (TPSA) is 12.5 Å². The van der Waals surface area contributed by atoms with Crippen molar-refractivity contribution in [2.24, 2.45) is 0 Å². The van der Waals surface area contributed by atoms with Crippen LogP contribution in [-0.2, 0) is 11.3 Å². The van der Waals surface area contributed by atoms with Gasteiger partial charge in [-0.05, 0) is 23.9 Å². The molecule has 0 heterocycles. The Labute approximate surface area is 111 Å². The molecule has 0 aromatic heterocycles. The molecule has 0 amide bonds. The van der Waals surface area contributed by atoms with Crippen LogP contribution in [0.4, 0.5) is 0 Å². The molecule has 0 saturated carbocycles. The normalized spacial score (nSPS) is 12.1. The second kappa shape index (κ2) is 6.54. The molecule has 2 nitrogen and oxygen atoms in total. The first-order valence-corrected chi connectivity index (χ1v) is 9.95. The van der Waals surface area contributed by atoms with E-state index in [0.29, 0.717) is 6.73 Å². The summed E-state index contributed by atoms with van der Waals surface area (Å²) in [5.74, 6) is 0. The van der Waals surface area contributed by atoms with Crippen LogP contribution in [0.3, 0.4) is 0 Å². The van der Waals surface area contributed by atoms with Crippen LogP contribution in [0.1, 0.15) is 5.56 Å². The van der Waals surface area contributed by atoms with Gasteiger partial charge in [-0.1, -0.05) is 43.4 Å². The van der Waals surface area contributed by atoms with Crippen LogP contribution in [0, 0.1) is 0 Å². The van der Waals surface area contributed by atoms with Gasteiger partial charge in [-0.3, -0.25) is 4.90 Å². The number of hydrogen-bond acceptors (Lipinski definition) is 2. The van der Waals surface area contributed by atoms with E-state index in [2.05, 4.69) is 30.6 Å². The summed E-state index contributed by atoms with van der Waals surface area (Å²) in [5.41, 5.74) is 1.24. The Morgan fingerprint density at radius 1 is 1.29 bits per heavy atom. The average molecular weight is 272 g/mol. The fraction of sp³-hybridized carbons (Fsp3) is 0.538. The second-order valence-electron chi connectivity index (χ2n) is 5.60. The molecule has 1 aromatic carbocycles. The molecule has 0 aliphatic rings. The Morgan fingerprint density at radius 3 is 2.53 bits per heavy atom. The van der Waals surface area contributed by atoms with Gasteiger partial charge in [0.2, 0.25) is 0 Å². The minimum absolute atomic E-state index is 0.677. The van der Waals surface area contributed by atoms with Crippen LogP contribution in [0.15, 0.2) is 24.3 Å². The van der Waals surface area contributed by atoms with E-state index in [1.54, 1.807) is 7.11 Å². The predicted molar refractivity (Wildman–Crippen MR) is 77.1 cm³/mol. The molecule has 96 valence electrons. The molecule has 0 N–H and O–H groups in total. The Kier molecular flexibility index (Phi) is 5.66. The Bertz CT molecular complexity index is 352. The van der Waals surface area contributed by atoms with Crippen molar-refractivity contribution in [3.05, 3.63) is 34.9 Å². The average Bonchev–Trinajstić information content (AvgIpc) is 2.15. The highest BCUT2D eigenvalue weighted by molar-refractivity contribution is 6.76. The quantitative estimate of drug-likeness (QED) is 0.579. The summed E-state index contributed by atoms with van der Waals surface area (Å²) in [4.78, 5) is 2.35. The highest BCUT2D eigenvalue weighted by atomic mass is 35.5. The molecule has 4 heteroatoms. The van der Waals surface area contributed by atoms with Crippen LogP contribution in [-0.4, -0.2) is 33.0 Å². The molecular formula is C13H22ClNOSi. The van der Waals surface area contributed by atoms with Crippen molar-refractivity contribution in [1.29, 1.82) is 0 Å². The molecule has 0 spiro atoms. The highest BCUT2D eigenvalue weighted by Crippen LogP contribution is 2.14. The SMILES string of the molecule is COCN(Cc1cccc(Cl)c1)C[Si](C)(C)C. The maximum Gasteiger partial charge on any atom is 0.0986 e. The van der Waals surface area contributed by atoms with E-state index in [1.165, 1.54) is 5.56 Å². The molecule has 0 unspecified atom stereocenters. The molecule has 17 heavy (non-hydrogen) atoms. The van der Waals surface area contributed by atoms with Crippen molar-refractivity contribution in [2.75, 3.05) is 20.0 Å². The second-order valence-corrected chi connectivity index (χ2v) is 11.5. The van der Waals surface area contributed by atoms with Gasteiger partial charge in [-0.25, -0.2) is 0 Å². The van der Waals surface area contributed by atoms with Gasteiger partial charge in [0.25, 0.3) is 0 Å². The van der Waals surface area contributed by atoms with Gasteiger partial charge < -0.3 is 4.74 Å². The zero-order valence-electron chi connectivity index (χ0n) is 11.2. The third kappa shape index (κ3) is 6.22. The summed E-state index contributed by atoms with van der Waals surface area (Å²) in [6.45, 7) is 8.68. The van der Waals surface area contributed by atoms with Gasteiger partial charge in [0, 0.05) is 18.7 Å². The van der Waals surface area contributed by atoms with Crippen molar-refractivity contribution in [3.63, 3.8) is 0 Å². The largest absolute Gasteiger partial charge is 0.369 e. The van der Waals surface area contributed by atoms with E-state index < -0.39 is 8.07 Å². The first-order chi connectivity index (χ1) is 7.90. The number of nitrogens with zero attached hydrogens (tertiary/aromatic N) is 1. The number of halogens is 1. The Morgan fingerprint density at radius 2 is 2.00 bits per heavy atom. The molecule has 1 aromatic rings. The highest BCUT2D eigenvalue weighted by Gasteiger charge is 2.18. The van der Waals surface area contributed by atoms with E-state index in [9.17, 15) is 0 Å². The third-order valence-electron chi connectivity index (χ3n) is 2.30. The van der Waals surface area contributed by atoms with E-state index >= 15 is 0 Å². The van der Waals surface area contributed by atoms with E-state index in [0.717, 1.165) is 17.7 Å². The monoisotopic (exact) mass is 271 g/mol. The van der Waals surface area contributed by atoms with Crippen LogP contribution < -0.4 is 0 Å². The summed E-state index contributed by atoms with van der Waals surface area (Å²) in [6.07, 6.45) is 1.13. The molecule has 0 fully saturated rings. The van der Waals surface area contributed by atoms with Crippen molar-refractivity contribution in [2.45, 2.75) is 26.2 Å². The Hall–Kier alpha value is -0.353. The number of benzene rings is 1. The van der Waals surface area contributed by atoms with E-state index in [1.807, 2.05) is 18.2 Å². The molecule has 0 aliphatic carbocycles. The van der Waals surface area contributed by atoms with Crippen LogP contribution >= 0.6 is 11.6 Å².